The molecule has 0 radical (unpaired) electrons. The number of carbonyl (C=O) groups excluding carboxylic acids is 1. The summed E-state index contributed by atoms with van der Waals surface area (Å²) in [6.07, 6.45) is 0. The summed E-state index contributed by atoms with van der Waals surface area (Å²) < 4.78 is 38.1. The largest absolute Gasteiger partial charge is 0.443 e. The van der Waals surface area contributed by atoms with Gasteiger partial charge < -0.3 is 9.15 Å². The summed E-state index contributed by atoms with van der Waals surface area (Å²) in [4.78, 5) is 15.0. The molecule has 0 N–H and O–H groups in total. The molecule has 7 heteroatoms. The fourth-order valence-electron chi connectivity index (χ4n) is 2.87. The first-order valence-corrected chi connectivity index (χ1v) is 11.3. The first-order chi connectivity index (χ1) is 14.5. The Morgan fingerprint density at radius 2 is 1.20 bits per heavy atom. The van der Waals surface area contributed by atoms with E-state index in [1.165, 1.54) is 24.3 Å². The molecule has 0 unspecified atom stereocenters. The first-order valence-electron chi connectivity index (χ1n) is 8.88. The smallest absolute Gasteiger partial charge is 0.379 e. The fourth-order valence-corrected chi connectivity index (χ4v) is 5.53. The minimum absolute atomic E-state index is 0.128. The standard InChI is InChI=1S/C23H15F2IO3S/c24-15-1-7-18(8-2-15)30(19-9-3-16(25)4-10-19)20-11-5-17(6-12-20)28-23(27)21-13-14-22(26)29-21/h1-14,30H. The molecule has 0 aliphatic heterocycles. The number of esters is 1. The van der Waals surface area contributed by atoms with Gasteiger partial charge in [0.15, 0.2) is 3.77 Å². The van der Waals surface area contributed by atoms with Gasteiger partial charge in [-0.2, -0.15) is 10.9 Å². The van der Waals surface area contributed by atoms with Gasteiger partial charge in [0.1, 0.15) is 17.4 Å². The maximum atomic E-state index is 13.4. The molecule has 0 aliphatic rings. The number of carbonyl (C=O) groups is 1. The number of thiol groups is 1. The van der Waals surface area contributed by atoms with Crippen LogP contribution in [-0.4, -0.2) is 5.97 Å². The van der Waals surface area contributed by atoms with Crippen molar-refractivity contribution in [3.8, 4) is 5.75 Å². The molecular formula is C23H15F2IO3S. The molecule has 152 valence electrons. The van der Waals surface area contributed by atoms with Crippen LogP contribution in [0.4, 0.5) is 8.78 Å². The molecule has 0 aliphatic carbocycles. The van der Waals surface area contributed by atoms with Crippen molar-refractivity contribution in [3.63, 3.8) is 0 Å². The SMILES string of the molecule is O=C(Oc1ccc([SH](c2ccc(F)cc2)c2ccc(F)cc2)cc1)c1ccc(I)o1. The summed E-state index contributed by atoms with van der Waals surface area (Å²) in [5, 5.41) is 0. The Labute approximate surface area is 188 Å². The third-order valence-electron chi connectivity index (χ3n) is 4.25. The summed E-state index contributed by atoms with van der Waals surface area (Å²) >= 11 is 1.97. The molecule has 30 heavy (non-hydrogen) atoms. The van der Waals surface area contributed by atoms with Crippen molar-refractivity contribution in [2.75, 3.05) is 0 Å². The van der Waals surface area contributed by atoms with Crippen molar-refractivity contribution in [3.05, 3.63) is 106 Å². The van der Waals surface area contributed by atoms with Gasteiger partial charge in [-0.1, -0.05) is 0 Å². The van der Waals surface area contributed by atoms with E-state index in [-0.39, 0.29) is 17.4 Å². The zero-order valence-corrected chi connectivity index (χ0v) is 18.4. The lowest BCUT2D eigenvalue weighted by atomic mass is 10.3. The van der Waals surface area contributed by atoms with Gasteiger partial charge in [0.2, 0.25) is 5.76 Å². The minimum Gasteiger partial charge on any atom is -0.443 e. The molecule has 0 spiro atoms. The number of hydrogen-bond acceptors (Lipinski definition) is 3. The quantitative estimate of drug-likeness (QED) is 0.131. The van der Waals surface area contributed by atoms with Crippen LogP contribution in [0.1, 0.15) is 10.6 Å². The van der Waals surface area contributed by atoms with Crippen molar-refractivity contribution in [1.82, 2.24) is 0 Å². The van der Waals surface area contributed by atoms with Gasteiger partial charge in [0.05, 0.1) is 0 Å². The maximum Gasteiger partial charge on any atom is 0.379 e. The van der Waals surface area contributed by atoms with Crippen molar-refractivity contribution in [1.29, 1.82) is 0 Å². The first kappa shape index (κ1) is 20.6. The van der Waals surface area contributed by atoms with E-state index in [1.54, 1.807) is 48.5 Å². The second-order valence-electron chi connectivity index (χ2n) is 6.28. The highest BCUT2D eigenvalue weighted by Crippen LogP contribution is 2.51. The number of benzene rings is 3. The predicted molar refractivity (Wildman–Crippen MR) is 119 cm³/mol. The Balaban J connectivity index is 1.63. The second-order valence-corrected chi connectivity index (χ2v) is 9.56. The van der Waals surface area contributed by atoms with Gasteiger partial charge in [-0.05, 0) is 122 Å². The maximum absolute atomic E-state index is 13.4. The van der Waals surface area contributed by atoms with E-state index in [1.807, 2.05) is 34.7 Å². The van der Waals surface area contributed by atoms with Gasteiger partial charge in [-0.25, -0.2) is 13.6 Å². The topological polar surface area (TPSA) is 39.4 Å². The van der Waals surface area contributed by atoms with E-state index in [2.05, 4.69) is 0 Å². The third-order valence-corrected chi connectivity index (χ3v) is 7.27. The molecule has 0 bridgehead atoms. The summed E-state index contributed by atoms with van der Waals surface area (Å²) in [5.41, 5.74) is 0. The van der Waals surface area contributed by atoms with Crippen LogP contribution in [-0.2, 0) is 0 Å². The van der Waals surface area contributed by atoms with Crippen molar-refractivity contribution < 1.29 is 22.7 Å². The van der Waals surface area contributed by atoms with Gasteiger partial charge in [-0.3, -0.25) is 0 Å². The number of rotatable bonds is 5. The second kappa shape index (κ2) is 9.01. The van der Waals surface area contributed by atoms with Crippen molar-refractivity contribution in [2.45, 2.75) is 14.7 Å². The van der Waals surface area contributed by atoms with E-state index >= 15 is 0 Å². The Kier molecular flexibility index (Phi) is 6.19. The van der Waals surface area contributed by atoms with Crippen LogP contribution >= 0.6 is 33.5 Å². The predicted octanol–water partition coefficient (Wildman–Crippen LogP) is 6.86. The summed E-state index contributed by atoms with van der Waals surface area (Å²) in [5.74, 6) is -0.707. The Bertz CT molecular complexity index is 1110. The minimum atomic E-state index is -1.04. The van der Waals surface area contributed by atoms with Crippen LogP contribution in [0, 0.1) is 15.4 Å². The van der Waals surface area contributed by atoms with Crippen LogP contribution in [0.15, 0.2) is 104 Å². The number of halogens is 3. The van der Waals surface area contributed by atoms with E-state index in [0.29, 0.717) is 9.52 Å². The van der Waals surface area contributed by atoms with Crippen LogP contribution in [0.25, 0.3) is 0 Å². The van der Waals surface area contributed by atoms with Gasteiger partial charge in [-0.15, -0.1) is 0 Å². The van der Waals surface area contributed by atoms with Crippen molar-refractivity contribution in [2.24, 2.45) is 0 Å². The third kappa shape index (κ3) is 4.73. The lowest BCUT2D eigenvalue weighted by molar-refractivity contribution is 0.0699. The molecule has 0 saturated heterocycles. The zero-order chi connectivity index (χ0) is 21.1. The molecule has 3 nitrogen and oxygen atoms in total. The lowest BCUT2D eigenvalue weighted by Gasteiger charge is -2.23. The monoisotopic (exact) mass is 536 g/mol. The molecule has 0 atom stereocenters. The normalized spacial score (nSPS) is 11.2. The van der Waals surface area contributed by atoms with Crippen molar-refractivity contribution >= 4 is 39.5 Å². The average Bonchev–Trinajstić information content (AvgIpc) is 3.19. The lowest BCUT2D eigenvalue weighted by Crippen LogP contribution is -2.07. The number of ether oxygens (including phenoxy) is 1. The molecule has 4 rings (SSSR count). The summed E-state index contributed by atoms with van der Waals surface area (Å²) in [6.45, 7) is 0. The van der Waals surface area contributed by atoms with Crippen LogP contribution in [0.2, 0.25) is 0 Å². The fraction of sp³-hybridized carbons (Fsp3) is 0. The molecule has 0 fully saturated rings. The average molecular weight is 536 g/mol. The molecule has 4 aromatic rings. The van der Waals surface area contributed by atoms with Crippen LogP contribution in [0.3, 0.4) is 0 Å². The Morgan fingerprint density at radius 3 is 1.63 bits per heavy atom. The number of hydrogen-bond donors (Lipinski definition) is 1. The highest BCUT2D eigenvalue weighted by atomic mass is 127. The van der Waals surface area contributed by atoms with Gasteiger partial charge in [0, 0.05) is 0 Å². The molecule has 3 aromatic carbocycles. The van der Waals surface area contributed by atoms with E-state index in [4.69, 9.17) is 9.15 Å². The van der Waals surface area contributed by atoms with Gasteiger partial charge >= 0.3 is 5.97 Å². The van der Waals surface area contributed by atoms with E-state index in [0.717, 1.165) is 14.7 Å². The molecule has 1 aromatic heterocycles. The molecule has 0 amide bonds. The number of furan rings is 1. The molecule has 1 heterocycles. The van der Waals surface area contributed by atoms with Crippen LogP contribution < -0.4 is 4.74 Å². The zero-order valence-electron chi connectivity index (χ0n) is 15.4. The molecular weight excluding hydrogens is 521 g/mol. The van der Waals surface area contributed by atoms with E-state index < -0.39 is 16.9 Å². The Morgan fingerprint density at radius 1 is 0.733 bits per heavy atom. The van der Waals surface area contributed by atoms with Gasteiger partial charge in [0.25, 0.3) is 0 Å². The van der Waals surface area contributed by atoms with Crippen LogP contribution in [0.5, 0.6) is 5.75 Å². The van der Waals surface area contributed by atoms with E-state index in [9.17, 15) is 13.6 Å². The molecule has 0 saturated carbocycles. The highest BCUT2D eigenvalue weighted by molar-refractivity contribution is 14.1. The Hall–Kier alpha value is -2.65. The summed E-state index contributed by atoms with van der Waals surface area (Å²) in [6, 6.07) is 22.9. The summed E-state index contributed by atoms with van der Waals surface area (Å²) in [7, 11) is -1.04. The highest BCUT2D eigenvalue weighted by Gasteiger charge is 2.16.